The minimum Gasteiger partial charge on any atom is -0.459 e. The Morgan fingerprint density at radius 3 is 2.69 bits per heavy atom. The van der Waals surface area contributed by atoms with Crippen LogP contribution in [0.3, 0.4) is 0 Å². The van der Waals surface area contributed by atoms with Crippen molar-refractivity contribution in [2.45, 2.75) is 72.3 Å². The Labute approximate surface area is 217 Å². The summed E-state index contributed by atoms with van der Waals surface area (Å²) >= 11 is 3.81. The van der Waals surface area contributed by atoms with E-state index in [1.54, 1.807) is 0 Å². The average Bonchev–Trinajstić information content (AvgIpc) is 3.19. The summed E-state index contributed by atoms with van der Waals surface area (Å²) < 4.78 is 12.9. The number of aromatic nitrogens is 2. The third-order valence-electron chi connectivity index (χ3n) is 6.53. The van der Waals surface area contributed by atoms with Gasteiger partial charge < -0.3 is 9.47 Å². The van der Waals surface area contributed by atoms with Crippen LogP contribution in [0.5, 0.6) is 11.8 Å². The fraction of sp³-hybridized carbons (Fsp3) is 0.536. The van der Waals surface area contributed by atoms with Gasteiger partial charge in [-0.05, 0) is 82.7 Å². The molecule has 0 unspecified atom stereocenters. The van der Waals surface area contributed by atoms with Crippen molar-refractivity contribution in [1.82, 2.24) is 14.9 Å². The fourth-order valence-corrected chi connectivity index (χ4v) is 5.22. The van der Waals surface area contributed by atoms with Gasteiger partial charge in [-0.2, -0.15) is 0 Å². The van der Waals surface area contributed by atoms with E-state index in [0.717, 1.165) is 72.1 Å². The van der Waals surface area contributed by atoms with Gasteiger partial charge in [-0.1, -0.05) is 35.3 Å². The number of fused-ring (bicyclic) bond motifs is 1. The number of carbonyl (C=O) groups is 1. The largest absolute Gasteiger partial charge is 0.459 e. The molecule has 188 valence electrons. The Hall–Kier alpha value is -2.25. The molecule has 2 heterocycles. The number of ether oxygens (including phenoxy) is 2. The number of halogens is 1. The molecule has 2 aromatic rings. The quantitative estimate of drug-likeness (QED) is 0.308. The highest BCUT2D eigenvalue weighted by Crippen LogP contribution is 2.39. The third-order valence-corrected chi connectivity index (χ3v) is 7.32. The molecule has 0 spiro atoms. The van der Waals surface area contributed by atoms with Crippen LogP contribution in [0.1, 0.15) is 76.5 Å². The lowest BCUT2D eigenvalue weighted by molar-refractivity contribution is -0.143. The van der Waals surface area contributed by atoms with Gasteiger partial charge in [-0.25, -0.2) is 9.97 Å². The Morgan fingerprint density at radius 2 is 1.97 bits per heavy atom. The number of hydrogen-bond donors (Lipinski definition) is 0. The van der Waals surface area contributed by atoms with Crippen molar-refractivity contribution in [1.29, 1.82) is 0 Å². The Kier molecular flexibility index (Phi) is 8.27. The zero-order chi connectivity index (χ0) is 25.0. The van der Waals surface area contributed by atoms with Crippen LogP contribution in [-0.2, 0) is 11.2 Å². The number of benzene rings is 1. The molecule has 1 aromatic heterocycles. The minimum absolute atomic E-state index is 0.150. The zero-order valence-corrected chi connectivity index (χ0v) is 22.9. The first-order chi connectivity index (χ1) is 16.7. The van der Waals surface area contributed by atoms with Crippen molar-refractivity contribution in [3.63, 3.8) is 0 Å². The Morgan fingerprint density at radius 1 is 1.20 bits per heavy atom. The van der Waals surface area contributed by atoms with Gasteiger partial charge in [0.05, 0.1) is 5.41 Å². The summed E-state index contributed by atoms with van der Waals surface area (Å²) in [6, 6.07) is 6.34. The van der Waals surface area contributed by atoms with Crippen LogP contribution in [0.25, 0.3) is 5.57 Å². The molecule has 35 heavy (non-hydrogen) atoms. The predicted molar refractivity (Wildman–Crippen MR) is 142 cm³/mol. The molecule has 1 aliphatic carbocycles. The van der Waals surface area contributed by atoms with Gasteiger partial charge in [0.25, 0.3) is 0 Å². The topological polar surface area (TPSA) is 64.6 Å². The van der Waals surface area contributed by atoms with Gasteiger partial charge in [-0.3, -0.25) is 9.69 Å². The third kappa shape index (κ3) is 6.50. The number of esters is 1. The number of hydrogen-bond acceptors (Lipinski definition) is 6. The van der Waals surface area contributed by atoms with Gasteiger partial charge in [0.15, 0.2) is 0 Å². The van der Waals surface area contributed by atoms with Crippen LogP contribution in [0, 0.1) is 5.41 Å². The number of likely N-dealkylation sites (tertiary alicyclic amines) is 1. The number of rotatable bonds is 7. The lowest BCUT2D eigenvalue weighted by Crippen LogP contribution is -2.26. The molecule has 0 bridgehead atoms. The molecule has 0 amide bonds. The van der Waals surface area contributed by atoms with E-state index in [-0.39, 0.29) is 12.1 Å². The summed E-state index contributed by atoms with van der Waals surface area (Å²) in [6.45, 7) is 11.0. The van der Waals surface area contributed by atoms with Crippen molar-refractivity contribution >= 4 is 27.5 Å². The summed E-state index contributed by atoms with van der Waals surface area (Å²) in [5.41, 5.74) is 3.76. The SMILES string of the molecule is CCCCN1CC[C@H](Oc2ncc(C3=C(Br)CCCc4cc(OC(=O)C(C)(C)C)ccc43)cn2)C1. The van der Waals surface area contributed by atoms with E-state index in [0.29, 0.717) is 11.8 Å². The monoisotopic (exact) mass is 541 g/mol. The molecular weight excluding hydrogens is 506 g/mol. The van der Waals surface area contributed by atoms with Gasteiger partial charge in [-0.15, -0.1) is 0 Å². The standard InChI is InChI=1S/C28H36BrN3O3/c1-5-6-13-32-14-12-22(18-32)35-27-30-16-20(17-31-27)25-23-11-10-21(34-26(33)28(2,3)4)15-19(23)8-7-9-24(25)29/h10-11,15-17,22H,5-9,12-14,18H2,1-4H3/t22-/m0/s1. The second kappa shape index (κ2) is 11.2. The second-order valence-electron chi connectivity index (χ2n) is 10.5. The van der Waals surface area contributed by atoms with Crippen LogP contribution >= 0.6 is 15.9 Å². The van der Waals surface area contributed by atoms with E-state index < -0.39 is 5.41 Å². The number of carbonyl (C=O) groups excluding carboxylic acids is 1. The number of aryl methyl sites for hydroxylation is 1. The maximum absolute atomic E-state index is 12.4. The normalized spacial score (nSPS) is 18.8. The summed E-state index contributed by atoms with van der Waals surface area (Å²) in [4.78, 5) is 23.9. The highest BCUT2D eigenvalue weighted by Gasteiger charge is 2.26. The molecule has 2 aliphatic rings. The molecule has 0 N–H and O–H groups in total. The van der Waals surface area contributed by atoms with Crippen molar-refractivity contribution in [3.05, 3.63) is 51.8 Å². The summed E-state index contributed by atoms with van der Waals surface area (Å²) in [5.74, 6) is 0.355. The molecular formula is C28H36BrN3O3. The van der Waals surface area contributed by atoms with E-state index >= 15 is 0 Å². The zero-order valence-electron chi connectivity index (χ0n) is 21.3. The van der Waals surface area contributed by atoms with Crippen LogP contribution in [0.4, 0.5) is 0 Å². The van der Waals surface area contributed by atoms with E-state index in [1.165, 1.54) is 12.8 Å². The molecule has 1 saturated heterocycles. The molecule has 1 fully saturated rings. The highest BCUT2D eigenvalue weighted by molar-refractivity contribution is 9.11. The fourth-order valence-electron chi connectivity index (χ4n) is 4.50. The summed E-state index contributed by atoms with van der Waals surface area (Å²) in [6.07, 6.45) is 10.1. The molecule has 7 heteroatoms. The van der Waals surface area contributed by atoms with E-state index in [9.17, 15) is 4.79 Å². The first kappa shape index (κ1) is 25.8. The lowest BCUT2D eigenvalue weighted by atomic mass is 9.95. The molecule has 1 aromatic carbocycles. The van der Waals surface area contributed by atoms with Crippen molar-refractivity contribution in [2.24, 2.45) is 5.41 Å². The Bertz CT molecular complexity index is 1080. The van der Waals surface area contributed by atoms with E-state index in [4.69, 9.17) is 9.47 Å². The smallest absolute Gasteiger partial charge is 0.316 e. The van der Waals surface area contributed by atoms with E-state index in [2.05, 4.69) is 37.7 Å². The first-order valence-corrected chi connectivity index (χ1v) is 13.5. The van der Waals surface area contributed by atoms with Gasteiger partial charge in [0.2, 0.25) is 0 Å². The van der Waals surface area contributed by atoms with E-state index in [1.807, 2.05) is 51.4 Å². The van der Waals surface area contributed by atoms with Crippen LogP contribution in [0.15, 0.2) is 35.1 Å². The number of allylic oxidation sites excluding steroid dienone is 1. The van der Waals surface area contributed by atoms with Gasteiger partial charge in [0, 0.05) is 41.1 Å². The van der Waals surface area contributed by atoms with Crippen molar-refractivity contribution in [3.8, 4) is 11.8 Å². The molecule has 1 aliphatic heterocycles. The second-order valence-corrected chi connectivity index (χ2v) is 11.5. The molecule has 4 rings (SSSR count). The molecule has 6 nitrogen and oxygen atoms in total. The van der Waals surface area contributed by atoms with Crippen LogP contribution < -0.4 is 9.47 Å². The van der Waals surface area contributed by atoms with Gasteiger partial charge in [0.1, 0.15) is 11.9 Å². The molecule has 0 radical (unpaired) electrons. The maximum Gasteiger partial charge on any atom is 0.316 e. The predicted octanol–water partition coefficient (Wildman–Crippen LogP) is 6.17. The summed E-state index contributed by atoms with van der Waals surface area (Å²) in [7, 11) is 0. The lowest BCUT2D eigenvalue weighted by Gasteiger charge is -2.18. The highest BCUT2D eigenvalue weighted by atomic mass is 79.9. The first-order valence-electron chi connectivity index (χ1n) is 12.7. The number of unbranched alkanes of at least 4 members (excludes halogenated alkanes) is 1. The van der Waals surface area contributed by atoms with Crippen molar-refractivity contribution < 1.29 is 14.3 Å². The van der Waals surface area contributed by atoms with Crippen LogP contribution in [0.2, 0.25) is 0 Å². The van der Waals surface area contributed by atoms with Crippen molar-refractivity contribution in [2.75, 3.05) is 19.6 Å². The molecule has 0 saturated carbocycles. The molecule has 1 atom stereocenters. The van der Waals surface area contributed by atoms with Crippen LogP contribution in [-0.4, -0.2) is 46.6 Å². The maximum atomic E-state index is 12.4. The average molecular weight is 543 g/mol. The van der Waals surface area contributed by atoms with Gasteiger partial charge >= 0.3 is 12.0 Å². The Balaban J connectivity index is 1.50. The minimum atomic E-state index is -0.547. The number of nitrogens with zero attached hydrogens (tertiary/aromatic N) is 3. The summed E-state index contributed by atoms with van der Waals surface area (Å²) in [5, 5.41) is 0.